The quantitative estimate of drug-likeness (QED) is 0.820. The second kappa shape index (κ2) is 7.79. The summed E-state index contributed by atoms with van der Waals surface area (Å²) in [6, 6.07) is 13.3. The number of para-hydroxylation sites is 2. The number of urea groups is 1. The monoisotopic (exact) mass is 342 g/mol. The largest absolute Gasteiger partial charge is 0.493 e. The van der Waals surface area contributed by atoms with Gasteiger partial charge in [-0.05, 0) is 30.2 Å². The Morgan fingerprint density at radius 3 is 2.68 bits per heavy atom. The Hall–Kier alpha value is -2.89. The van der Waals surface area contributed by atoms with Gasteiger partial charge in [-0.3, -0.25) is 4.90 Å². The van der Waals surface area contributed by atoms with Crippen LogP contribution in [0.15, 0.2) is 42.5 Å². The molecule has 0 bridgehead atoms. The van der Waals surface area contributed by atoms with Crippen molar-refractivity contribution in [3.8, 4) is 17.2 Å². The molecule has 2 amide bonds. The Morgan fingerprint density at radius 2 is 1.88 bits per heavy atom. The third kappa shape index (κ3) is 3.63. The minimum absolute atomic E-state index is 0.105. The van der Waals surface area contributed by atoms with Gasteiger partial charge in [-0.25, -0.2) is 4.79 Å². The number of hydrogen-bond acceptors (Lipinski definition) is 4. The minimum Gasteiger partial charge on any atom is -0.493 e. The topological polar surface area (TPSA) is 60.0 Å². The van der Waals surface area contributed by atoms with Crippen LogP contribution in [-0.2, 0) is 6.42 Å². The van der Waals surface area contributed by atoms with Gasteiger partial charge in [-0.15, -0.1) is 0 Å². The third-order valence-electron chi connectivity index (χ3n) is 4.13. The normalized spacial score (nSPS) is 12.5. The Labute approximate surface area is 147 Å². The molecule has 0 unspecified atom stereocenters. The van der Waals surface area contributed by atoms with E-state index < -0.39 is 0 Å². The summed E-state index contributed by atoms with van der Waals surface area (Å²) in [7, 11) is 3.15. The Morgan fingerprint density at radius 1 is 1.08 bits per heavy atom. The van der Waals surface area contributed by atoms with Crippen molar-refractivity contribution in [1.82, 2.24) is 5.32 Å². The number of fused-ring (bicyclic) bond motifs is 1. The molecule has 0 atom stereocenters. The van der Waals surface area contributed by atoms with E-state index in [9.17, 15) is 4.79 Å². The van der Waals surface area contributed by atoms with Gasteiger partial charge in [-0.1, -0.05) is 24.3 Å². The Kier molecular flexibility index (Phi) is 5.28. The van der Waals surface area contributed by atoms with Crippen LogP contribution in [-0.4, -0.2) is 39.9 Å². The van der Waals surface area contributed by atoms with Crippen LogP contribution in [0.3, 0.4) is 0 Å². The van der Waals surface area contributed by atoms with Gasteiger partial charge in [0.1, 0.15) is 6.61 Å². The van der Waals surface area contributed by atoms with Crippen LogP contribution in [0.4, 0.5) is 10.5 Å². The molecule has 25 heavy (non-hydrogen) atoms. The molecule has 1 heterocycles. The van der Waals surface area contributed by atoms with Crippen LogP contribution in [0.1, 0.15) is 5.56 Å². The molecule has 1 N–H and O–H groups in total. The Balaban J connectivity index is 1.52. The third-order valence-corrected chi connectivity index (χ3v) is 4.13. The second-order valence-corrected chi connectivity index (χ2v) is 5.60. The molecule has 0 aliphatic carbocycles. The molecular weight excluding hydrogens is 320 g/mol. The predicted molar refractivity (Wildman–Crippen MR) is 95.9 cm³/mol. The first kappa shape index (κ1) is 17.0. The predicted octanol–water partition coefficient (Wildman–Crippen LogP) is 2.85. The number of methoxy groups -OCH3 is 2. The van der Waals surface area contributed by atoms with Gasteiger partial charge in [0.15, 0.2) is 11.5 Å². The molecule has 1 aliphatic heterocycles. The van der Waals surface area contributed by atoms with Crippen molar-refractivity contribution in [2.24, 2.45) is 0 Å². The van der Waals surface area contributed by atoms with Crippen LogP contribution in [0.2, 0.25) is 0 Å². The van der Waals surface area contributed by atoms with Crippen molar-refractivity contribution < 1.29 is 19.0 Å². The first-order chi connectivity index (χ1) is 12.2. The molecule has 1 aliphatic rings. The number of benzene rings is 2. The number of anilines is 1. The number of carbonyl (C=O) groups excluding carboxylic acids is 1. The van der Waals surface area contributed by atoms with E-state index in [1.807, 2.05) is 24.3 Å². The molecule has 2 aromatic rings. The van der Waals surface area contributed by atoms with E-state index in [4.69, 9.17) is 14.2 Å². The number of carbonyl (C=O) groups is 1. The highest BCUT2D eigenvalue weighted by atomic mass is 16.5. The van der Waals surface area contributed by atoms with Crippen molar-refractivity contribution in [3.63, 3.8) is 0 Å². The lowest BCUT2D eigenvalue weighted by Crippen LogP contribution is -2.40. The summed E-state index contributed by atoms with van der Waals surface area (Å²) in [4.78, 5) is 14.1. The van der Waals surface area contributed by atoms with Crippen molar-refractivity contribution in [2.75, 3.05) is 38.8 Å². The number of nitrogens with one attached hydrogen (secondary N) is 1. The zero-order valence-electron chi connectivity index (χ0n) is 14.5. The number of hydrogen-bond donors (Lipinski definition) is 1. The van der Waals surface area contributed by atoms with E-state index in [2.05, 4.69) is 11.4 Å². The number of ether oxygens (including phenoxy) is 3. The molecule has 132 valence electrons. The lowest BCUT2D eigenvalue weighted by molar-refractivity contribution is 0.240. The summed E-state index contributed by atoms with van der Waals surface area (Å²) in [5, 5.41) is 2.89. The molecule has 0 radical (unpaired) electrons. The summed E-state index contributed by atoms with van der Waals surface area (Å²) in [5.41, 5.74) is 2.19. The smallest absolute Gasteiger partial charge is 0.322 e. The maximum atomic E-state index is 12.4. The highest BCUT2D eigenvalue weighted by Crippen LogP contribution is 2.36. The first-order valence-corrected chi connectivity index (χ1v) is 8.21. The van der Waals surface area contributed by atoms with Gasteiger partial charge in [0.2, 0.25) is 5.75 Å². The fourth-order valence-corrected chi connectivity index (χ4v) is 2.93. The molecule has 0 saturated heterocycles. The number of nitrogens with zero attached hydrogens (tertiary/aromatic N) is 1. The molecule has 2 aromatic carbocycles. The summed E-state index contributed by atoms with van der Waals surface area (Å²) < 4.78 is 16.3. The molecular formula is C19H22N2O4. The molecule has 6 heteroatoms. The average molecular weight is 342 g/mol. The van der Waals surface area contributed by atoms with Crippen LogP contribution in [0.5, 0.6) is 17.2 Å². The minimum atomic E-state index is -0.105. The highest BCUT2D eigenvalue weighted by Gasteiger charge is 2.23. The Bertz CT molecular complexity index is 748. The molecule has 0 aromatic heterocycles. The lowest BCUT2D eigenvalue weighted by atomic mass is 10.2. The average Bonchev–Trinajstić information content (AvgIpc) is 3.08. The fraction of sp³-hybridized carbons (Fsp3) is 0.316. The highest BCUT2D eigenvalue weighted by molar-refractivity contribution is 5.94. The SMILES string of the molecule is COc1cccc(OCCNC(=O)N2CCc3ccccc32)c1OC. The van der Waals surface area contributed by atoms with E-state index >= 15 is 0 Å². The first-order valence-electron chi connectivity index (χ1n) is 8.21. The summed E-state index contributed by atoms with van der Waals surface area (Å²) in [6.45, 7) is 1.44. The standard InChI is InChI=1S/C19H22N2O4/c1-23-16-8-5-9-17(18(16)24-2)25-13-11-20-19(22)21-12-10-14-6-3-4-7-15(14)21/h3-9H,10-13H2,1-2H3,(H,20,22). The van der Waals surface area contributed by atoms with Crippen molar-refractivity contribution in [1.29, 1.82) is 0 Å². The summed E-state index contributed by atoms with van der Waals surface area (Å²) >= 11 is 0. The van der Waals surface area contributed by atoms with E-state index in [1.165, 1.54) is 5.56 Å². The van der Waals surface area contributed by atoms with Gasteiger partial charge >= 0.3 is 6.03 Å². The van der Waals surface area contributed by atoms with E-state index in [0.29, 0.717) is 36.9 Å². The van der Waals surface area contributed by atoms with Crippen molar-refractivity contribution in [2.45, 2.75) is 6.42 Å². The summed E-state index contributed by atoms with van der Waals surface area (Å²) in [5.74, 6) is 1.74. The van der Waals surface area contributed by atoms with Gasteiger partial charge in [-0.2, -0.15) is 0 Å². The van der Waals surface area contributed by atoms with Crippen molar-refractivity contribution in [3.05, 3.63) is 48.0 Å². The maximum absolute atomic E-state index is 12.4. The van der Waals surface area contributed by atoms with Crippen LogP contribution < -0.4 is 24.4 Å². The molecule has 3 rings (SSSR count). The maximum Gasteiger partial charge on any atom is 0.322 e. The van der Waals surface area contributed by atoms with E-state index in [1.54, 1.807) is 31.3 Å². The van der Waals surface area contributed by atoms with Gasteiger partial charge < -0.3 is 19.5 Å². The van der Waals surface area contributed by atoms with Crippen LogP contribution in [0, 0.1) is 0 Å². The van der Waals surface area contributed by atoms with Crippen molar-refractivity contribution >= 4 is 11.7 Å². The zero-order valence-corrected chi connectivity index (χ0v) is 14.5. The van der Waals surface area contributed by atoms with Crippen LogP contribution >= 0.6 is 0 Å². The van der Waals surface area contributed by atoms with Gasteiger partial charge in [0.05, 0.1) is 20.8 Å². The molecule has 0 fully saturated rings. The van der Waals surface area contributed by atoms with Gasteiger partial charge in [0.25, 0.3) is 0 Å². The van der Waals surface area contributed by atoms with E-state index in [-0.39, 0.29) is 6.03 Å². The molecule has 6 nitrogen and oxygen atoms in total. The van der Waals surface area contributed by atoms with E-state index in [0.717, 1.165) is 12.1 Å². The molecule has 0 saturated carbocycles. The number of amides is 2. The van der Waals surface area contributed by atoms with Gasteiger partial charge in [0, 0.05) is 12.2 Å². The summed E-state index contributed by atoms with van der Waals surface area (Å²) in [6.07, 6.45) is 0.890. The zero-order chi connectivity index (χ0) is 17.6. The number of rotatable bonds is 6. The second-order valence-electron chi connectivity index (χ2n) is 5.60. The van der Waals surface area contributed by atoms with Crippen LogP contribution in [0.25, 0.3) is 0 Å². The fourth-order valence-electron chi connectivity index (χ4n) is 2.93. The lowest BCUT2D eigenvalue weighted by Gasteiger charge is -2.18. The molecule has 0 spiro atoms.